The number of hydrogen-bond acceptors (Lipinski definition) is 2. The Balaban J connectivity index is 1.85. The molecule has 0 saturated heterocycles. The maximum absolute atomic E-state index is 12.3. The number of carbonyl (C=O) groups is 1. The van der Waals surface area contributed by atoms with Crippen LogP contribution in [0.2, 0.25) is 0 Å². The minimum Gasteiger partial charge on any atom is -0.338 e. The zero-order valence-corrected chi connectivity index (χ0v) is 15.6. The molecule has 2 amide bonds. The lowest BCUT2D eigenvalue weighted by molar-refractivity contribution is 0.249. The average molecular weight is 349 g/mol. The van der Waals surface area contributed by atoms with Crippen LogP contribution in [0.1, 0.15) is 45.6 Å². The fraction of sp³-hybridized carbons (Fsp3) is 0.526. The summed E-state index contributed by atoms with van der Waals surface area (Å²) in [6.07, 6.45) is 7.65. The number of nitrogens with one attached hydrogen (secondary N) is 2. The van der Waals surface area contributed by atoms with E-state index in [1.165, 1.54) is 0 Å². The Morgan fingerprint density at radius 3 is 2.75 bits per heavy atom. The quantitative estimate of drug-likeness (QED) is 0.783. The Morgan fingerprint density at radius 2 is 2.08 bits per heavy atom. The predicted molar refractivity (Wildman–Crippen MR) is 102 cm³/mol. The summed E-state index contributed by atoms with van der Waals surface area (Å²) in [6.45, 7) is 6.61. The first-order valence-corrected chi connectivity index (χ1v) is 9.84. The highest BCUT2D eigenvalue weighted by Gasteiger charge is 2.19. The first-order chi connectivity index (χ1) is 11.3. The summed E-state index contributed by atoms with van der Waals surface area (Å²) >= 11 is 0. The minimum absolute atomic E-state index is 0.182. The van der Waals surface area contributed by atoms with Crippen molar-refractivity contribution in [2.75, 3.05) is 11.9 Å². The molecule has 1 aliphatic rings. The van der Waals surface area contributed by atoms with Crippen LogP contribution in [0.4, 0.5) is 10.5 Å². The second-order valence-corrected chi connectivity index (χ2v) is 9.49. The van der Waals surface area contributed by atoms with E-state index < -0.39 is 10.8 Å². The Kier molecular flexibility index (Phi) is 6.60. The number of amides is 2. The average Bonchev–Trinajstić information content (AvgIpc) is 2.53. The fourth-order valence-electron chi connectivity index (χ4n) is 2.56. The van der Waals surface area contributed by atoms with Crippen LogP contribution < -0.4 is 10.6 Å². The molecule has 1 aromatic rings. The summed E-state index contributed by atoms with van der Waals surface area (Å²) in [6, 6.07) is 7.40. The summed E-state index contributed by atoms with van der Waals surface area (Å²) in [4.78, 5) is 12.0. The van der Waals surface area contributed by atoms with Crippen molar-refractivity contribution in [3.8, 4) is 0 Å². The number of rotatable bonds is 5. The van der Waals surface area contributed by atoms with Crippen LogP contribution in [-0.4, -0.2) is 21.5 Å². The van der Waals surface area contributed by atoms with Gasteiger partial charge in [0.1, 0.15) is 0 Å². The van der Waals surface area contributed by atoms with Crippen LogP contribution in [0.25, 0.3) is 0 Å². The number of anilines is 1. The van der Waals surface area contributed by atoms with Crippen molar-refractivity contribution in [2.45, 2.75) is 50.5 Å². The molecule has 2 rings (SSSR count). The second kappa shape index (κ2) is 8.47. The van der Waals surface area contributed by atoms with Gasteiger partial charge >= 0.3 is 6.03 Å². The first-order valence-electron chi connectivity index (χ1n) is 8.52. The molecule has 0 unspecified atom stereocenters. The minimum atomic E-state index is -0.951. The Labute approximate surface area is 147 Å². The van der Waals surface area contributed by atoms with Gasteiger partial charge in [-0.15, -0.1) is 0 Å². The number of carbonyl (C=O) groups excluding carboxylic acids is 1. The van der Waals surface area contributed by atoms with Gasteiger partial charge in [-0.25, -0.2) is 4.79 Å². The number of urea groups is 1. The maximum atomic E-state index is 12.3. The standard InChI is InChI=1S/C19H28N2O2S/c1-19(2,3)24(23)14-16-10-7-11-17(12-16)21-18(22)20-13-15-8-5-4-6-9-15/h4-5,7,10-12,15H,6,8-9,13-14H2,1-3H3,(H2,20,21,22)/t15-,24-/m0/s1. The number of allylic oxidation sites excluding steroid dienone is 2. The largest absolute Gasteiger partial charge is 0.338 e. The van der Waals surface area contributed by atoms with Gasteiger partial charge in [-0.2, -0.15) is 0 Å². The molecule has 0 heterocycles. The summed E-state index contributed by atoms with van der Waals surface area (Å²) < 4.78 is 12.0. The molecule has 0 saturated carbocycles. The van der Waals surface area contributed by atoms with E-state index in [0.29, 0.717) is 18.2 Å². The molecule has 0 aliphatic heterocycles. The summed E-state index contributed by atoms with van der Waals surface area (Å²) in [5, 5.41) is 5.81. The Hall–Kier alpha value is -1.62. The van der Waals surface area contributed by atoms with E-state index in [4.69, 9.17) is 0 Å². The van der Waals surface area contributed by atoms with Crippen LogP contribution in [0, 0.1) is 5.92 Å². The van der Waals surface area contributed by atoms with Crippen molar-refractivity contribution in [3.63, 3.8) is 0 Å². The molecule has 1 aromatic carbocycles. The zero-order chi connectivity index (χ0) is 17.6. The third-order valence-corrected chi connectivity index (χ3v) is 6.06. The maximum Gasteiger partial charge on any atom is 0.319 e. The van der Waals surface area contributed by atoms with E-state index in [9.17, 15) is 9.00 Å². The monoisotopic (exact) mass is 348 g/mol. The molecule has 0 fully saturated rings. The van der Waals surface area contributed by atoms with Gasteiger partial charge in [0.05, 0.1) is 0 Å². The third kappa shape index (κ3) is 6.11. The van der Waals surface area contributed by atoms with E-state index in [2.05, 4.69) is 22.8 Å². The van der Waals surface area contributed by atoms with E-state index in [1.54, 1.807) is 0 Å². The fourth-order valence-corrected chi connectivity index (χ4v) is 3.48. The smallest absolute Gasteiger partial charge is 0.319 e. The van der Waals surface area contributed by atoms with Gasteiger partial charge in [0.25, 0.3) is 0 Å². The molecule has 0 aromatic heterocycles. The van der Waals surface area contributed by atoms with Crippen molar-refractivity contribution in [1.29, 1.82) is 0 Å². The number of benzene rings is 1. The molecule has 0 bridgehead atoms. The molecule has 0 spiro atoms. The van der Waals surface area contributed by atoms with E-state index in [0.717, 1.165) is 30.5 Å². The summed E-state index contributed by atoms with van der Waals surface area (Å²) in [5.41, 5.74) is 1.71. The van der Waals surface area contributed by atoms with Crippen LogP contribution in [0.5, 0.6) is 0 Å². The molecule has 2 N–H and O–H groups in total. The molecule has 2 atom stereocenters. The predicted octanol–water partition coefficient (Wildman–Crippen LogP) is 4.21. The molecule has 0 radical (unpaired) electrons. The third-order valence-electron chi connectivity index (χ3n) is 4.09. The first kappa shape index (κ1) is 18.7. The molecular weight excluding hydrogens is 320 g/mol. The zero-order valence-electron chi connectivity index (χ0n) is 14.8. The van der Waals surface area contributed by atoms with Gasteiger partial charge in [-0.1, -0.05) is 24.3 Å². The lowest BCUT2D eigenvalue weighted by Crippen LogP contribution is -2.33. The van der Waals surface area contributed by atoms with Crippen LogP contribution in [0.3, 0.4) is 0 Å². The molecule has 1 aliphatic carbocycles. The van der Waals surface area contributed by atoms with Crippen molar-refractivity contribution < 1.29 is 9.00 Å². The second-order valence-electron chi connectivity index (χ2n) is 7.29. The van der Waals surface area contributed by atoms with Crippen LogP contribution in [0.15, 0.2) is 36.4 Å². The van der Waals surface area contributed by atoms with E-state index in [-0.39, 0.29) is 10.8 Å². The molecule has 5 heteroatoms. The lowest BCUT2D eigenvalue weighted by Gasteiger charge is -2.19. The van der Waals surface area contributed by atoms with Crippen molar-refractivity contribution in [2.24, 2.45) is 5.92 Å². The van der Waals surface area contributed by atoms with E-state index >= 15 is 0 Å². The van der Waals surface area contributed by atoms with Crippen LogP contribution in [-0.2, 0) is 16.6 Å². The molecule has 132 valence electrons. The summed E-state index contributed by atoms with van der Waals surface area (Å²) in [5.74, 6) is 1.02. The normalized spacial score (nSPS) is 18.9. The SMILES string of the molecule is CC(C)(C)[S@@](=O)Cc1cccc(NC(=O)NC[C@H]2CC=CCC2)c1. The highest BCUT2D eigenvalue weighted by atomic mass is 32.2. The van der Waals surface area contributed by atoms with Gasteiger partial charge in [0, 0.05) is 33.5 Å². The van der Waals surface area contributed by atoms with Gasteiger partial charge < -0.3 is 10.6 Å². The highest BCUT2D eigenvalue weighted by molar-refractivity contribution is 7.85. The molecule has 24 heavy (non-hydrogen) atoms. The van der Waals surface area contributed by atoms with Crippen molar-refractivity contribution >= 4 is 22.5 Å². The summed E-state index contributed by atoms with van der Waals surface area (Å²) in [7, 11) is -0.951. The van der Waals surface area contributed by atoms with E-state index in [1.807, 2.05) is 45.0 Å². The van der Waals surface area contributed by atoms with Gasteiger partial charge in [-0.3, -0.25) is 4.21 Å². The van der Waals surface area contributed by atoms with Gasteiger partial charge in [-0.05, 0) is 63.6 Å². The number of hydrogen-bond donors (Lipinski definition) is 2. The molecule has 4 nitrogen and oxygen atoms in total. The van der Waals surface area contributed by atoms with Gasteiger partial charge in [0.2, 0.25) is 0 Å². The Bertz CT molecular complexity index is 620. The lowest BCUT2D eigenvalue weighted by atomic mass is 9.94. The Morgan fingerprint density at radius 1 is 1.29 bits per heavy atom. The molecular formula is C19H28N2O2S. The van der Waals surface area contributed by atoms with Crippen molar-refractivity contribution in [3.05, 3.63) is 42.0 Å². The van der Waals surface area contributed by atoms with Crippen molar-refractivity contribution in [1.82, 2.24) is 5.32 Å². The van der Waals surface area contributed by atoms with Gasteiger partial charge in [0.15, 0.2) is 0 Å². The topological polar surface area (TPSA) is 58.2 Å². The van der Waals surface area contributed by atoms with Crippen LogP contribution >= 0.6 is 0 Å². The highest BCUT2D eigenvalue weighted by Crippen LogP contribution is 2.19.